The molecule has 0 aliphatic rings. The van der Waals surface area contributed by atoms with Crippen LogP contribution in [0.1, 0.15) is 29.4 Å². The predicted octanol–water partition coefficient (Wildman–Crippen LogP) is 3.52. The fourth-order valence-corrected chi connectivity index (χ4v) is 4.76. The van der Waals surface area contributed by atoms with E-state index in [-0.39, 0.29) is 16.4 Å². The number of primary sulfonamides is 1. The molecule has 0 bridgehead atoms. The number of Topliss-reactive ketones (excluding diaryl/α,β-unsaturated/α-hetero) is 1. The second-order valence-electron chi connectivity index (χ2n) is 5.78. The number of aromatic nitrogens is 2. The van der Waals surface area contributed by atoms with Gasteiger partial charge in [0.2, 0.25) is 10.0 Å². The van der Waals surface area contributed by atoms with Crippen LogP contribution >= 0.6 is 23.1 Å². The van der Waals surface area contributed by atoms with E-state index in [0.29, 0.717) is 10.7 Å². The van der Waals surface area contributed by atoms with Crippen LogP contribution < -0.4 is 5.14 Å². The van der Waals surface area contributed by atoms with E-state index in [9.17, 15) is 13.2 Å². The highest BCUT2D eigenvalue weighted by Gasteiger charge is 2.16. The van der Waals surface area contributed by atoms with Crippen molar-refractivity contribution in [3.8, 4) is 0 Å². The molecule has 0 radical (unpaired) electrons. The minimum atomic E-state index is -3.78. The Morgan fingerprint density at radius 1 is 1.35 bits per heavy atom. The summed E-state index contributed by atoms with van der Waals surface area (Å²) in [6, 6.07) is 8.37. The standard InChI is InChI=1S/C17H19N3O3S3/c1-2-3-8-20-14-7-6-12(26(18,22)23)10-13(14)19-17(20)25-11-15(21)16-5-4-9-24-16/h4-7,9-10H,2-3,8,11H2,1H3,(H2,18,22,23). The zero-order chi connectivity index (χ0) is 18.7. The molecular weight excluding hydrogens is 390 g/mol. The van der Waals surface area contributed by atoms with Crippen LogP contribution in [0.5, 0.6) is 0 Å². The quantitative estimate of drug-likeness (QED) is 0.454. The van der Waals surface area contributed by atoms with Crippen molar-refractivity contribution < 1.29 is 13.2 Å². The van der Waals surface area contributed by atoms with E-state index in [1.165, 1.54) is 35.2 Å². The number of rotatable bonds is 8. The van der Waals surface area contributed by atoms with Crippen molar-refractivity contribution in [2.24, 2.45) is 5.14 Å². The summed E-state index contributed by atoms with van der Waals surface area (Å²) in [5, 5.41) is 7.81. The number of aryl methyl sites for hydroxylation is 1. The van der Waals surface area contributed by atoms with E-state index in [1.54, 1.807) is 6.07 Å². The van der Waals surface area contributed by atoms with Crippen molar-refractivity contribution in [2.45, 2.75) is 36.4 Å². The lowest BCUT2D eigenvalue weighted by molar-refractivity contribution is 0.102. The number of ketones is 1. The monoisotopic (exact) mass is 409 g/mol. The lowest BCUT2D eigenvalue weighted by Gasteiger charge is -2.08. The Bertz CT molecular complexity index is 1020. The van der Waals surface area contributed by atoms with Gasteiger partial charge in [0.25, 0.3) is 0 Å². The average molecular weight is 410 g/mol. The molecule has 0 aliphatic carbocycles. The number of sulfonamides is 1. The van der Waals surface area contributed by atoms with Gasteiger partial charge in [0.05, 0.1) is 26.6 Å². The highest BCUT2D eigenvalue weighted by molar-refractivity contribution is 7.99. The fourth-order valence-electron chi connectivity index (χ4n) is 2.55. The predicted molar refractivity (Wildman–Crippen MR) is 105 cm³/mol. The molecule has 0 aliphatic heterocycles. The lowest BCUT2D eigenvalue weighted by Crippen LogP contribution is -2.11. The number of thioether (sulfide) groups is 1. The number of carbonyl (C=O) groups is 1. The van der Waals surface area contributed by atoms with Gasteiger partial charge in [-0.15, -0.1) is 11.3 Å². The first kappa shape index (κ1) is 19.1. The molecule has 0 fully saturated rings. The van der Waals surface area contributed by atoms with Crippen molar-refractivity contribution >= 4 is 49.9 Å². The maximum absolute atomic E-state index is 12.3. The molecule has 3 rings (SSSR count). The Morgan fingerprint density at radius 2 is 2.15 bits per heavy atom. The molecule has 0 saturated carbocycles. The Balaban J connectivity index is 1.92. The molecule has 0 spiro atoms. The van der Waals surface area contributed by atoms with E-state index in [1.807, 2.05) is 22.1 Å². The van der Waals surface area contributed by atoms with E-state index >= 15 is 0 Å². The fraction of sp³-hybridized carbons (Fsp3) is 0.294. The molecule has 2 heterocycles. The first-order chi connectivity index (χ1) is 12.4. The molecule has 9 heteroatoms. The number of thiophene rings is 1. The second kappa shape index (κ2) is 7.91. The summed E-state index contributed by atoms with van der Waals surface area (Å²) in [5.41, 5.74) is 1.41. The highest BCUT2D eigenvalue weighted by Crippen LogP contribution is 2.27. The maximum atomic E-state index is 12.3. The number of imidazole rings is 1. The van der Waals surface area contributed by atoms with Crippen LogP contribution in [-0.2, 0) is 16.6 Å². The van der Waals surface area contributed by atoms with Gasteiger partial charge in [-0.3, -0.25) is 4.79 Å². The number of benzene rings is 1. The Morgan fingerprint density at radius 3 is 2.81 bits per heavy atom. The van der Waals surface area contributed by atoms with Gasteiger partial charge in [0.15, 0.2) is 10.9 Å². The van der Waals surface area contributed by atoms with Crippen LogP contribution in [0.4, 0.5) is 0 Å². The van der Waals surface area contributed by atoms with Crippen LogP contribution in [0.2, 0.25) is 0 Å². The van der Waals surface area contributed by atoms with Crippen molar-refractivity contribution in [1.82, 2.24) is 9.55 Å². The van der Waals surface area contributed by atoms with Gasteiger partial charge in [-0.2, -0.15) is 0 Å². The highest BCUT2D eigenvalue weighted by atomic mass is 32.2. The van der Waals surface area contributed by atoms with Gasteiger partial charge in [0.1, 0.15) is 0 Å². The molecule has 26 heavy (non-hydrogen) atoms. The minimum absolute atomic E-state index is 0.0383. The number of nitrogens with zero attached hydrogens (tertiary/aromatic N) is 2. The minimum Gasteiger partial charge on any atom is -0.319 e. The van der Waals surface area contributed by atoms with Crippen LogP contribution in [0.3, 0.4) is 0 Å². The summed E-state index contributed by atoms with van der Waals surface area (Å²) >= 11 is 2.79. The van der Waals surface area contributed by atoms with Crippen molar-refractivity contribution in [1.29, 1.82) is 0 Å². The summed E-state index contributed by atoms with van der Waals surface area (Å²) in [7, 11) is -3.78. The number of unbranched alkanes of at least 4 members (excludes halogenated alkanes) is 1. The molecule has 0 atom stereocenters. The molecule has 0 saturated heterocycles. The largest absolute Gasteiger partial charge is 0.319 e. The third-order valence-corrected chi connectivity index (χ3v) is 6.68. The number of fused-ring (bicyclic) bond motifs is 1. The lowest BCUT2D eigenvalue weighted by atomic mass is 10.3. The zero-order valence-corrected chi connectivity index (χ0v) is 16.7. The number of hydrogen-bond donors (Lipinski definition) is 1. The average Bonchev–Trinajstić information content (AvgIpc) is 3.24. The summed E-state index contributed by atoms with van der Waals surface area (Å²) in [4.78, 5) is 17.6. The molecule has 3 aromatic rings. The Kier molecular flexibility index (Phi) is 5.81. The summed E-state index contributed by atoms with van der Waals surface area (Å²) in [6.07, 6.45) is 1.99. The normalized spacial score (nSPS) is 11.9. The van der Waals surface area contributed by atoms with Crippen LogP contribution in [0.25, 0.3) is 11.0 Å². The molecule has 2 N–H and O–H groups in total. The van der Waals surface area contributed by atoms with E-state index in [2.05, 4.69) is 11.9 Å². The molecule has 2 aromatic heterocycles. The van der Waals surface area contributed by atoms with E-state index in [4.69, 9.17) is 5.14 Å². The number of hydrogen-bond acceptors (Lipinski definition) is 6. The second-order valence-corrected chi connectivity index (χ2v) is 9.24. The van der Waals surface area contributed by atoms with Gasteiger partial charge in [-0.25, -0.2) is 18.5 Å². The summed E-state index contributed by atoms with van der Waals surface area (Å²) < 4.78 is 25.2. The van der Waals surface area contributed by atoms with E-state index < -0.39 is 10.0 Å². The first-order valence-corrected chi connectivity index (χ1v) is 11.5. The van der Waals surface area contributed by atoms with Gasteiger partial charge < -0.3 is 4.57 Å². The molecule has 138 valence electrons. The van der Waals surface area contributed by atoms with Gasteiger partial charge in [-0.05, 0) is 36.1 Å². The SMILES string of the molecule is CCCCn1c(SCC(=O)c2cccs2)nc2cc(S(N)(=O)=O)ccc21. The maximum Gasteiger partial charge on any atom is 0.238 e. The van der Waals surface area contributed by atoms with Crippen LogP contribution in [-0.4, -0.2) is 29.5 Å². The van der Waals surface area contributed by atoms with E-state index in [0.717, 1.165) is 29.8 Å². The molecule has 6 nitrogen and oxygen atoms in total. The number of nitrogens with two attached hydrogens (primary N) is 1. The van der Waals surface area contributed by atoms with Gasteiger partial charge in [0, 0.05) is 6.54 Å². The van der Waals surface area contributed by atoms with Crippen LogP contribution in [0.15, 0.2) is 45.8 Å². The molecule has 1 aromatic carbocycles. The molecule has 0 unspecified atom stereocenters. The smallest absolute Gasteiger partial charge is 0.238 e. The van der Waals surface area contributed by atoms with Crippen molar-refractivity contribution in [3.05, 3.63) is 40.6 Å². The third-order valence-electron chi connectivity index (χ3n) is 3.88. The molecule has 0 amide bonds. The Labute approximate surface area is 160 Å². The Hall–Kier alpha value is -1.68. The summed E-state index contributed by atoms with van der Waals surface area (Å²) in [5.74, 6) is 0.349. The van der Waals surface area contributed by atoms with Gasteiger partial charge in [-0.1, -0.05) is 31.2 Å². The van der Waals surface area contributed by atoms with Crippen molar-refractivity contribution in [2.75, 3.05) is 5.75 Å². The first-order valence-electron chi connectivity index (χ1n) is 8.12. The number of carbonyl (C=O) groups excluding carboxylic acids is 1. The zero-order valence-electron chi connectivity index (χ0n) is 14.2. The van der Waals surface area contributed by atoms with Gasteiger partial charge >= 0.3 is 0 Å². The molecular formula is C17H19N3O3S3. The van der Waals surface area contributed by atoms with Crippen LogP contribution in [0, 0.1) is 0 Å². The topological polar surface area (TPSA) is 95.0 Å². The van der Waals surface area contributed by atoms with Crippen molar-refractivity contribution in [3.63, 3.8) is 0 Å². The summed E-state index contributed by atoms with van der Waals surface area (Å²) in [6.45, 7) is 2.86. The third kappa shape index (κ3) is 4.17.